The van der Waals surface area contributed by atoms with Crippen LogP contribution in [0.3, 0.4) is 0 Å². The van der Waals surface area contributed by atoms with Crippen LogP contribution in [-0.2, 0) is 5.75 Å². The van der Waals surface area contributed by atoms with Crippen LogP contribution in [0.4, 0.5) is 4.39 Å². The molecule has 15 heavy (non-hydrogen) atoms. The molecular formula is C11H13ClFNS. The third kappa shape index (κ3) is 2.30. The first-order chi connectivity index (χ1) is 7.08. The van der Waals surface area contributed by atoms with Gasteiger partial charge < -0.3 is 5.73 Å². The molecule has 0 fully saturated rings. The zero-order valence-corrected chi connectivity index (χ0v) is 10.0. The smallest absolute Gasteiger partial charge is 0.142 e. The van der Waals surface area contributed by atoms with Gasteiger partial charge >= 0.3 is 0 Å². The summed E-state index contributed by atoms with van der Waals surface area (Å²) in [7, 11) is 0. The summed E-state index contributed by atoms with van der Waals surface area (Å²) in [6.07, 6.45) is 0.916. The SMILES string of the molecule is CC1C[C@@H](N)c2cc(Cl)c(F)cc2CS1. The molecule has 2 rings (SSSR count). The van der Waals surface area contributed by atoms with Gasteiger partial charge in [0.2, 0.25) is 0 Å². The lowest BCUT2D eigenvalue weighted by Crippen LogP contribution is -2.14. The number of thioether (sulfide) groups is 1. The van der Waals surface area contributed by atoms with Gasteiger partial charge in [0.1, 0.15) is 5.82 Å². The molecular weight excluding hydrogens is 233 g/mol. The molecule has 0 bridgehead atoms. The number of halogens is 2. The molecule has 2 atom stereocenters. The van der Waals surface area contributed by atoms with Crippen LogP contribution in [-0.4, -0.2) is 5.25 Å². The Kier molecular flexibility index (Phi) is 3.24. The quantitative estimate of drug-likeness (QED) is 0.757. The van der Waals surface area contributed by atoms with Gasteiger partial charge in [-0.2, -0.15) is 11.8 Å². The topological polar surface area (TPSA) is 26.0 Å². The van der Waals surface area contributed by atoms with E-state index in [4.69, 9.17) is 17.3 Å². The van der Waals surface area contributed by atoms with Gasteiger partial charge in [-0.05, 0) is 29.7 Å². The van der Waals surface area contributed by atoms with E-state index in [1.165, 1.54) is 6.07 Å². The van der Waals surface area contributed by atoms with E-state index in [1.807, 2.05) is 11.8 Å². The highest BCUT2D eigenvalue weighted by atomic mass is 35.5. The first kappa shape index (κ1) is 11.2. The molecule has 0 saturated carbocycles. The van der Waals surface area contributed by atoms with Crippen LogP contribution in [0, 0.1) is 5.82 Å². The van der Waals surface area contributed by atoms with Gasteiger partial charge in [0.15, 0.2) is 0 Å². The zero-order valence-electron chi connectivity index (χ0n) is 8.47. The highest BCUT2D eigenvalue weighted by molar-refractivity contribution is 7.99. The van der Waals surface area contributed by atoms with Crippen molar-refractivity contribution in [3.05, 3.63) is 34.1 Å². The summed E-state index contributed by atoms with van der Waals surface area (Å²) >= 11 is 7.57. The van der Waals surface area contributed by atoms with Crippen molar-refractivity contribution in [3.63, 3.8) is 0 Å². The van der Waals surface area contributed by atoms with Gasteiger partial charge in [0, 0.05) is 17.0 Å². The fraction of sp³-hybridized carbons (Fsp3) is 0.455. The van der Waals surface area contributed by atoms with E-state index in [-0.39, 0.29) is 16.9 Å². The van der Waals surface area contributed by atoms with Crippen LogP contribution in [0.25, 0.3) is 0 Å². The molecule has 1 aliphatic heterocycles. The van der Waals surface area contributed by atoms with Gasteiger partial charge in [-0.15, -0.1) is 0 Å². The van der Waals surface area contributed by atoms with Crippen LogP contribution in [0.2, 0.25) is 5.02 Å². The second kappa shape index (κ2) is 4.32. The minimum absolute atomic E-state index is 0.0249. The predicted octanol–water partition coefficient (Wildman–Crippen LogP) is 3.50. The highest BCUT2D eigenvalue weighted by Gasteiger charge is 2.21. The second-order valence-corrected chi connectivity index (χ2v) is 5.76. The summed E-state index contributed by atoms with van der Waals surface area (Å²) in [6.45, 7) is 2.15. The Labute approximate surface area is 98.2 Å². The van der Waals surface area contributed by atoms with E-state index >= 15 is 0 Å². The molecule has 82 valence electrons. The summed E-state index contributed by atoms with van der Waals surface area (Å²) in [6, 6.07) is 3.17. The fourth-order valence-corrected chi connectivity index (χ4v) is 3.09. The van der Waals surface area contributed by atoms with E-state index in [1.54, 1.807) is 6.07 Å². The largest absolute Gasteiger partial charge is 0.324 e. The molecule has 0 aromatic heterocycles. The van der Waals surface area contributed by atoms with Crippen molar-refractivity contribution in [2.45, 2.75) is 30.4 Å². The maximum absolute atomic E-state index is 13.3. The number of hydrogen-bond acceptors (Lipinski definition) is 2. The second-order valence-electron chi connectivity index (χ2n) is 3.93. The molecule has 1 heterocycles. The molecule has 2 N–H and O–H groups in total. The normalized spacial score (nSPS) is 25.9. The Morgan fingerprint density at radius 2 is 2.27 bits per heavy atom. The van der Waals surface area contributed by atoms with Crippen molar-refractivity contribution in [2.24, 2.45) is 5.73 Å². The van der Waals surface area contributed by atoms with E-state index in [0.717, 1.165) is 23.3 Å². The van der Waals surface area contributed by atoms with Crippen LogP contribution in [0.1, 0.15) is 30.5 Å². The van der Waals surface area contributed by atoms with E-state index in [9.17, 15) is 4.39 Å². The molecule has 1 unspecified atom stereocenters. The summed E-state index contributed by atoms with van der Waals surface area (Å²) in [4.78, 5) is 0. The monoisotopic (exact) mass is 245 g/mol. The molecule has 1 nitrogen and oxygen atoms in total. The van der Waals surface area contributed by atoms with E-state index in [0.29, 0.717) is 5.25 Å². The first-order valence-corrected chi connectivity index (χ1v) is 6.35. The van der Waals surface area contributed by atoms with Crippen molar-refractivity contribution in [3.8, 4) is 0 Å². The van der Waals surface area contributed by atoms with Gasteiger partial charge in [-0.3, -0.25) is 0 Å². The zero-order chi connectivity index (χ0) is 11.0. The number of fused-ring (bicyclic) bond motifs is 1. The molecule has 1 aromatic rings. The molecule has 0 radical (unpaired) electrons. The van der Waals surface area contributed by atoms with Crippen molar-refractivity contribution >= 4 is 23.4 Å². The number of rotatable bonds is 0. The van der Waals surface area contributed by atoms with Crippen LogP contribution < -0.4 is 5.73 Å². The van der Waals surface area contributed by atoms with Crippen LogP contribution in [0.5, 0.6) is 0 Å². The fourth-order valence-electron chi connectivity index (χ4n) is 1.86. The van der Waals surface area contributed by atoms with Crippen molar-refractivity contribution in [1.29, 1.82) is 0 Å². The maximum atomic E-state index is 13.3. The molecule has 0 saturated heterocycles. The number of nitrogens with two attached hydrogens (primary N) is 1. The Morgan fingerprint density at radius 3 is 3.00 bits per heavy atom. The van der Waals surface area contributed by atoms with Crippen molar-refractivity contribution in [2.75, 3.05) is 0 Å². The molecule has 4 heteroatoms. The Balaban J connectivity index is 2.45. The average molecular weight is 246 g/mol. The minimum Gasteiger partial charge on any atom is -0.324 e. The van der Waals surface area contributed by atoms with Gasteiger partial charge in [-0.25, -0.2) is 4.39 Å². The average Bonchev–Trinajstić information content (AvgIpc) is 2.30. The molecule has 0 spiro atoms. The predicted molar refractivity (Wildman–Crippen MR) is 63.7 cm³/mol. The lowest BCUT2D eigenvalue weighted by molar-refractivity contribution is 0.618. The Hall–Kier alpha value is -0.250. The maximum Gasteiger partial charge on any atom is 0.142 e. The number of hydrogen-bond donors (Lipinski definition) is 1. The third-order valence-corrected chi connectivity index (χ3v) is 4.22. The van der Waals surface area contributed by atoms with E-state index in [2.05, 4.69) is 6.92 Å². The first-order valence-electron chi connectivity index (χ1n) is 4.93. The molecule has 1 aromatic carbocycles. The lowest BCUT2D eigenvalue weighted by atomic mass is 9.98. The molecule has 0 aliphatic carbocycles. The summed E-state index contributed by atoms with van der Waals surface area (Å²) in [5.74, 6) is 0.468. The Bertz CT molecular complexity index is 383. The number of benzene rings is 1. The summed E-state index contributed by atoms with van der Waals surface area (Å²) < 4.78 is 13.3. The van der Waals surface area contributed by atoms with Gasteiger partial charge in [-0.1, -0.05) is 18.5 Å². The van der Waals surface area contributed by atoms with Gasteiger partial charge in [0.25, 0.3) is 0 Å². The van der Waals surface area contributed by atoms with Crippen LogP contribution in [0.15, 0.2) is 12.1 Å². The molecule has 0 amide bonds. The standard InChI is InChI=1S/C11H13ClFNS/c1-6-2-11(14)8-4-9(12)10(13)3-7(8)5-15-6/h3-4,6,11H,2,5,14H2,1H3/t6?,11-/m1/s1. The highest BCUT2D eigenvalue weighted by Crippen LogP contribution is 2.35. The van der Waals surface area contributed by atoms with Crippen molar-refractivity contribution < 1.29 is 4.39 Å². The Morgan fingerprint density at radius 1 is 1.53 bits per heavy atom. The third-order valence-electron chi connectivity index (χ3n) is 2.69. The van der Waals surface area contributed by atoms with Crippen molar-refractivity contribution in [1.82, 2.24) is 0 Å². The van der Waals surface area contributed by atoms with E-state index < -0.39 is 0 Å². The van der Waals surface area contributed by atoms with Gasteiger partial charge in [0.05, 0.1) is 5.02 Å². The lowest BCUT2D eigenvalue weighted by Gasteiger charge is -2.14. The minimum atomic E-state index is -0.349. The van der Waals surface area contributed by atoms with Crippen LogP contribution >= 0.6 is 23.4 Å². The summed E-state index contributed by atoms with van der Waals surface area (Å²) in [5, 5.41) is 0.679. The molecule has 1 aliphatic rings. The summed E-state index contributed by atoms with van der Waals surface area (Å²) in [5.41, 5.74) is 8.04.